The third-order valence-corrected chi connectivity index (χ3v) is 24.5. The molecule has 2 unspecified atom stereocenters. The minimum absolute atomic E-state index is 0.114. The Bertz CT molecular complexity index is 2560. The molecule has 20 nitrogen and oxygen atoms in total. The molecule has 108 heavy (non-hydrogen) atoms. The fourth-order valence-corrected chi connectivity index (χ4v) is 20.4. The van der Waals surface area contributed by atoms with Gasteiger partial charge in [-0.05, 0) is 225 Å². The van der Waals surface area contributed by atoms with Gasteiger partial charge in [-0.15, -0.1) is 0 Å². The maximum atomic E-state index is 6.92. The maximum absolute atomic E-state index is 6.92. The van der Waals surface area contributed by atoms with E-state index in [4.69, 9.17) is 60.7 Å². The van der Waals surface area contributed by atoms with Crippen LogP contribution in [0, 0.1) is 11.8 Å². The second-order valence-electron chi connectivity index (χ2n) is 39.1. The van der Waals surface area contributed by atoms with Crippen LogP contribution in [-0.2, 0) is 19.4 Å². The van der Waals surface area contributed by atoms with Gasteiger partial charge in [0.05, 0.1) is 26.4 Å². The minimum atomic E-state index is -0.271. The lowest BCUT2D eigenvalue weighted by Gasteiger charge is -2.55. The van der Waals surface area contributed by atoms with Crippen molar-refractivity contribution in [1.29, 1.82) is 0 Å². The van der Waals surface area contributed by atoms with E-state index >= 15 is 0 Å². The van der Waals surface area contributed by atoms with Crippen molar-refractivity contribution in [3.63, 3.8) is 0 Å². The number of aromatic nitrogens is 6. The Hall–Kier alpha value is -3.50. The summed E-state index contributed by atoms with van der Waals surface area (Å²) in [6.45, 7) is 56.1. The topological polar surface area (TPSA) is 210 Å². The summed E-state index contributed by atoms with van der Waals surface area (Å²) in [4.78, 5) is 63.2. The van der Waals surface area contributed by atoms with Gasteiger partial charge in [0.1, 0.15) is 0 Å². The number of nitrogen functional groups attached to an aromatic ring is 2. The molecule has 0 radical (unpaired) electrons. The van der Waals surface area contributed by atoms with Gasteiger partial charge in [0.25, 0.3) is 0 Å². The molecule has 626 valence electrons. The molecule has 0 bridgehead atoms. The zero-order chi connectivity index (χ0) is 79.4. The molecule has 0 saturated carbocycles. The Morgan fingerprint density at radius 2 is 0.546 bits per heavy atom. The highest BCUT2D eigenvalue weighted by Gasteiger charge is 2.53. The molecular formula is C88H170N16O4. The Morgan fingerprint density at radius 3 is 0.796 bits per heavy atom. The van der Waals surface area contributed by atoms with Crippen LogP contribution < -0.4 is 31.9 Å². The molecule has 2 aromatic heterocycles. The van der Waals surface area contributed by atoms with E-state index in [1.54, 1.807) is 0 Å². The van der Waals surface area contributed by atoms with Crippen molar-refractivity contribution in [3.8, 4) is 0 Å². The Balaban J connectivity index is 1.26. The number of unbranched alkanes of at least 4 members (excludes halogenated alkanes) is 23. The van der Waals surface area contributed by atoms with Gasteiger partial charge < -0.3 is 31.9 Å². The number of nitrogens with one attached hydrogen (secondary N) is 2. The Kier molecular flexibility index (Phi) is 38.4. The molecule has 6 N–H and O–H groups in total. The summed E-state index contributed by atoms with van der Waals surface area (Å²) in [5.41, 5.74) is 12.1. The van der Waals surface area contributed by atoms with Crippen LogP contribution in [0.2, 0.25) is 0 Å². The molecule has 0 amide bonds. The summed E-state index contributed by atoms with van der Waals surface area (Å²) in [7, 11) is 0. The number of piperidine rings is 4. The SMILES string of the molecule is CCCCCCCCON1C(C)(C)CC(C(CCC)Nc2nc(N)nc(N(CCCCCCN(c3nc(N)nc(NC(CCC)C4CC(C)(C)N(OCCCCCCCC)C(C)(C)C4)n3)C3CC(C)(C)N(OCCCCCCCC)C(C)(C)C3)C3CC(C)(C)N(OCCCCCCCC)C(C)(C)C3)n2)CC1(C)C. The summed E-state index contributed by atoms with van der Waals surface area (Å²) in [5, 5.41) is 17.3. The standard InChI is InChI=1S/C88H170N16O4/c1-23-29-33-37-43-49-57-105-101-81(7,8)61-69(62-82(101,9)10)73(53-27-5)91-77-93-75(89)95-79(97-77)99(71-65-85(15,16)103(86(17,18)66-71)107-59-51-45-39-35-31-25-3)55-47-41-42-48-56-100(72-67-87(19,20)104(88(21,22)68-72)108-60-52-46-40-36-32-26-4)80-96-76(90)94-78(98-80)92-74(54-28-6)70-63-83(11,12)102(84(13,14)64-70)106-58-50-44-38-34-30-24-2/h69-74H,23-68H2,1-22H3,(H3,89,91,93,95,97)(H3,90,92,94,96,98). The normalized spacial score (nSPS) is 21.1. The smallest absolute Gasteiger partial charge is 0.232 e. The average molecular weight is 1520 g/mol. The highest BCUT2D eigenvalue weighted by atomic mass is 16.7. The fraction of sp³-hybridized carbons (Fsp3) is 0.932. The summed E-state index contributed by atoms with van der Waals surface area (Å²) >= 11 is 0. The van der Waals surface area contributed by atoms with Crippen molar-refractivity contribution in [2.75, 3.05) is 71.4 Å². The second kappa shape index (κ2) is 44.4. The quantitative estimate of drug-likeness (QED) is 0.0454. The molecule has 4 aliphatic heterocycles. The van der Waals surface area contributed by atoms with Gasteiger partial charge >= 0.3 is 0 Å². The van der Waals surface area contributed by atoms with Gasteiger partial charge in [-0.3, -0.25) is 19.4 Å². The monoisotopic (exact) mass is 1520 g/mol. The van der Waals surface area contributed by atoms with E-state index in [0.717, 1.165) is 168 Å². The number of anilines is 6. The van der Waals surface area contributed by atoms with Crippen molar-refractivity contribution in [2.24, 2.45) is 11.8 Å². The third kappa shape index (κ3) is 28.8. The molecule has 4 fully saturated rings. The molecule has 2 atom stereocenters. The minimum Gasteiger partial charge on any atom is -0.368 e. The van der Waals surface area contributed by atoms with Crippen LogP contribution >= 0.6 is 0 Å². The van der Waals surface area contributed by atoms with E-state index in [2.05, 4.69) is 193 Å². The lowest BCUT2D eigenvalue weighted by molar-refractivity contribution is -0.289. The predicted octanol–water partition coefficient (Wildman–Crippen LogP) is 22.0. The largest absolute Gasteiger partial charge is 0.368 e. The zero-order valence-corrected chi connectivity index (χ0v) is 74.1. The zero-order valence-electron chi connectivity index (χ0n) is 74.1. The molecule has 6 heterocycles. The van der Waals surface area contributed by atoms with Crippen molar-refractivity contribution in [1.82, 2.24) is 50.2 Å². The Labute approximate surface area is 662 Å². The van der Waals surface area contributed by atoms with E-state index in [-0.39, 0.29) is 80.4 Å². The first kappa shape index (κ1) is 93.4. The van der Waals surface area contributed by atoms with E-state index in [0.29, 0.717) is 35.6 Å². The third-order valence-electron chi connectivity index (χ3n) is 24.5. The molecule has 2 aromatic rings. The van der Waals surface area contributed by atoms with Gasteiger partial charge in [-0.1, -0.05) is 196 Å². The van der Waals surface area contributed by atoms with Crippen LogP contribution in [0.3, 0.4) is 0 Å². The van der Waals surface area contributed by atoms with E-state index < -0.39 is 0 Å². The van der Waals surface area contributed by atoms with E-state index in [9.17, 15) is 0 Å². The molecule has 4 saturated heterocycles. The number of hydrogen-bond donors (Lipinski definition) is 4. The highest BCUT2D eigenvalue weighted by molar-refractivity contribution is 5.45. The van der Waals surface area contributed by atoms with Gasteiger partial charge in [0.15, 0.2) is 0 Å². The molecule has 4 aliphatic rings. The van der Waals surface area contributed by atoms with Gasteiger partial charge in [0, 0.05) is 81.6 Å². The first-order chi connectivity index (χ1) is 51.1. The van der Waals surface area contributed by atoms with Gasteiger partial charge in [-0.25, -0.2) is 0 Å². The molecule has 20 heteroatoms. The summed E-state index contributed by atoms with van der Waals surface area (Å²) < 4.78 is 0. The van der Waals surface area contributed by atoms with Crippen LogP contribution in [-0.4, -0.2) is 158 Å². The summed E-state index contributed by atoms with van der Waals surface area (Å²) in [6, 6.07) is 0.504. The molecular weight excluding hydrogens is 1350 g/mol. The molecule has 0 aliphatic carbocycles. The van der Waals surface area contributed by atoms with Crippen molar-refractivity contribution in [2.45, 2.75) is 478 Å². The number of nitrogens with two attached hydrogens (primary N) is 2. The summed E-state index contributed by atoms with van der Waals surface area (Å²) in [5.74, 6) is 3.65. The molecule has 6 rings (SSSR count). The van der Waals surface area contributed by atoms with Gasteiger partial charge in [-0.2, -0.15) is 50.2 Å². The van der Waals surface area contributed by atoms with Crippen LogP contribution in [0.4, 0.5) is 35.7 Å². The Morgan fingerprint density at radius 1 is 0.315 bits per heavy atom. The number of hydrogen-bond acceptors (Lipinski definition) is 20. The van der Waals surface area contributed by atoms with E-state index in [1.165, 1.54) is 128 Å². The van der Waals surface area contributed by atoms with Crippen LogP contribution in [0.1, 0.15) is 409 Å². The second-order valence-corrected chi connectivity index (χ2v) is 39.1. The lowest BCUT2D eigenvalue weighted by atomic mass is 9.71. The lowest BCUT2D eigenvalue weighted by Crippen LogP contribution is -2.64. The summed E-state index contributed by atoms with van der Waals surface area (Å²) in [6.07, 6.45) is 45.2. The van der Waals surface area contributed by atoms with Gasteiger partial charge in [0.2, 0.25) is 35.7 Å². The van der Waals surface area contributed by atoms with Crippen molar-refractivity contribution >= 4 is 35.7 Å². The molecule has 0 spiro atoms. The van der Waals surface area contributed by atoms with Crippen molar-refractivity contribution in [3.05, 3.63) is 0 Å². The molecule has 0 aromatic carbocycles. The van der Waals surface area contributed by atoms with E-state index in [1.807, 2.05) is 0 Å². The maximum Gasteiger partial charge on any atom is 0.232 e. The van der Waals surface area contributed by atoms with Crippen molar-refractivity contribution < 1.29 is 19.4 Å². The first-order valence-electron chi connectivity index (χ1n) is 44.9. The number of nitrogens with zero attached hydrogens (tertiary/aromatic N) is 12. The number of rotatable bonds is 53. The fourth-order valence-electron chi connectivity index (χ4n) is 20.4. The average Bonchev–Trinajstić information content (AvgIpc) is 0.779. The number of hydroxylamine groups is 8. The van der Waals surface area contributed by atoms with Crippen LogP contribution in [0.15, 0.2) is 0 Å². The first-order valence-corrected chi connectivity index (χ1v) is 44.9. The van der Waals surface area contributed by atoms with Crippen LogP contribution in [0.25, 0.3) is 0 Å². The highest BCUT2D eigenvalue weighted by Crippen LogP contribution is 2.48. The van der Waals surface area contributed by atoms with Crippen LogP contribution in [0.5, 0.6) is 0 Å². The predicted molar refractivity (Wildman–Crippen MR) is 455 cm³/mol.